The molecular weight excluding hydrogens is 427 g/mol. The number of halogens is 1. The number of ether oxygens (including phenoxy) is 3. The van der Waals surface area contributed by atoms with Gasteiger partial charge >= 0.3 is 0 Å². The average molecular weight is 444 g/mol. The zero-order valence-electron chi connectivity index (χ0n) is 16.5. The Kier molecular flexibility index (Phi) is 5.89. The highest BCUT2D eigenvalue weighted by Gasteiger charge is 2.17. The Morgan fingerprint density at radius 1 is 1.19 bits per heavy atom. The first kappa shape index (κ1) is 20.8. The summed E-state index contributed by atoms with van der Waals surface area (Å²) in [6.45, 7) is 0. The van der Waals surface area contributed by atoms with E-state index in [2.05, 4.69) is 15.0 Å². The number of aromatic amines is 1. The van der Waals surface area contributed by atoms with Crippen LogP contribution in [0, 0.1) is 15.9 Å². The van der Waals surface area contributed by atoms with E-state index >= 15 is 0 Å². The molecule has 0 aliphatic heterocycles. The van der Waals surface area contributed by atoms with Crippen LogP contribution in [-0.2, 0) is 15.9 Å². The van der Waals surface area contributed by atoms with Crippen LogP contribution in [0.4, 0.5) is 10.1 Å². The highest BCUT2D eigenvalue weighted by Crippen LogP contribution is 2.39. The van der Waals surface area contributed by atoms with E-state index in [1.54, 1.807) is 32.7 Å². The number of hydrogen-bond acceptors (Lipinski definition) is 8. The van der Waals surface area contributed by atoms with Gasteiger partial charge in [0.05, 0.1) is 26.1 Å². The molecular formula is C20H17FN4O5S. The molecule has 11 heteroatoms. The fraction of sp³-hybridized carbons (Fsp3) is 0.200. The van der Waals surface area contributed by atoms with Crippen LogP contribution >= 0.6 is 11.3 Å². The summed E-state index contributed by atoms with van der Waals surface area (Å²) >= 11 is 1.38. The van der Waals surface area contributed by atoms with Gasteiger partial charge in [0.1, 0.15) is 11.6 Å². The van der Waals surface area contributed by atoms with Crippen molar-refractivity contribution < 1.29 is 23.5 Å². The van der Waals surface area contributed by atoms with Crippen LogP contribution in [0.2, 0.25) is 0 Å². The monoisotopic (exact) mass is 444 g/mol. The maximum atomic E-state index is 14.3. The molecule has 0 unspecified atom stereocenters. The van der Waals surface area contributed by atoms with Gasteiger partial charge in [0.25, 0.3) is 5.69 Å². The zero-order chi connectivity index (χ0) is 22.0. The number of aromatic nitrogens is 3. The van der Waals surface area contributed by atoms with Crippen molar-refractivity contribution in [3.8, 4) is 22.2 Å². The van der Waals surface area contributed by atoms with Gasteiger partial charge in [-0.15, -0.1) is 11.3 Å². The van der Waals surface area contributed by atoms with Crippen molar-refractivity contribution in [1.29, 1.82) is 0 Å². The smallest absolute Gasteiger partial charge is 0.272 e. The lowest BCUT2D eigenvalue weighted by molar-refractivity contribution is -0.385. The molecule has 1 aromatic carbocycles. The Hall–Kier alpha value is -3.41. The third kappa shape index (κ3) is 4.38. The van der Waals surface area contributed by atoms with Crippen LogP contribution in [-0.4, -0.2) is 40.4 Å². The number of methoxy groups -OCH3 is 2. The molecule has 1 N–H and O–H groups in total. The number of nitrogens with one attached hydrogen (secondary N) is 1. The van der Waals surface area contributed by atoms with Crippen molar-refractivity contribution in [1.82, 2.24) is 15.0 Å². The number of rotatable bonds is 8. The van der Waals surface area contributed by atoms with E-state index in [1.165, 1.54) is 23.5 Å². The van der Waals surface area contributed by atoms with Crippen molar-refractivity contribution in [3.63, 3.8) is 0 Å². The van der Waals surface area contributed by atoms with Crippen LogP contribution in [0.15, 0.2) is 42.7 Å². The number of H-pyrrole nitrogens is 1. The first-order valence-corrected chi connectivity index (χ1v) is 9.90. The molecule has 3 heterocycles. The van der Waals surface area contributed by atoms with Crippen molar-refractivity contribution in [2.45, 2.75) is 12.7 Å². The summed E-state index contributed by atoms with van der Waals surface area (Å²) in [6.07, 6.45) is 3.39. The van der Waals surface area contributed by atoms with E-state index in [4.69, 9.17) is 14.2 Å². The second kappa shape index (κ2) is 8.76. The maximum absolute atomic E-state index is 14.3. The topological polar surface area (TPSA) is 112 Å². The molecule has 0 saturated heterocycles. The first-order chi connectivity index (χ1) is 15.0. The first-order valence-electron chi connectivity index (χ1n) is 9.08. The summed E-state index contributed by atoms with van der Waals surface area (Å²) in [7, 11) is 3.14. The number of nitro groups is 1. The molecule has 4 aromatic rings. The van der Waals surface area contributed by atoms with Gasteiger partial charge < -0.3 is 19.2 Å². The second-order valence-electron chi connectivity index (χ2n) is 6.47. The molecule has 0 spiro atoms. The minimum atomic E-state index is -0.822. The Balaban J connectivity index is 1.62. The Labute approximate surface area is 179 Å². The number of benzene rings is 1. The summed E-state index contributed by atoms with van der Waals surface area (Å²) in [4.78, 5) is 22.9. The van der Waals surface area contributed by atoms with Crippen molar-refractivity contribution in [3.05, 3.63) is 64.4 Å². The minimum absolute atomic E-state index is 0.112. The summed E-state index contributed by atoms with van der Waals surface area (Å²) in [5.41, 5.74) is 1.16. The SMILES string of the molecule is COC(Cc1cnc(-c2cc3nccc(Oc4ccc([N+](=O)[O-])cc4F)c3s2)[nH]1)OC. The standard InChI is InChI=1S/C20H17FN4O5S/c1-28-18(29-2)7-11-10-23-20(24-11)17-9-14-19(31-17)16(5-6-22-14)30-15-4-3-12(25(26)27)8-13(15)21/h3-6,8-10,18H,7H2,1-2H3,(H,23,24). The Morgan fingerprint density at radius 3 is 2.71 bits per heavy atom. The number of non-ortho nitro benzene ring substituents is 1. The molecule has 0 aliphatic carbocycles. The molecule has 0 bridgehead atoms. The van der Waals surface area contributed by atoms with Crippen LogP contribution in [0.25, 0.3) is 20.9 Å². The van der Waals surface area contributed by atoms with Crippen LogP contribution < -0.4 is 4.74 Å². The van der Waals surface area contributed by atoms with Gasteiger partial charge in [0, 0.05) is 50.9 Å². The van der Waals surface area contributed by atoms with Gasteiger partial charge in [0.2, 0.25) is 0 Å². The average Bonchev–Trinajstić information content (AvgIpc) is 3.40. The second-order valence-corrected chi connectivity index (χ2v) is 7.52. The summed E-state index contributed by atoms with van der Waals surface area (Å²) in [6, 6.07) is 6.71. The van der Waals surface area contributed by atoms with Crippen LogP contribution in [0.1, 0.15) is 5.69 Å². The fourth-order valence-electron chi connectivity index (χ4n) is 2.95. The molecule has 0 amide bonds. The van der Waals surface area contributed by atoms with Gasteiger partial charge in [-0.1, -0.05) is 0 Å². The molecule has 3 aromatic heterocycles. The fourth-order valence-corrected chi connectivity index (χ4v) is 3.96. The van der Waals surface area contributed by atoms with E-state index in [0.717, 1.165) is 16.6 Å². The van der Waals surface area contributed by atoms with E-state index < -0.39 is 10.7 Å². The predicted octanol–water partition coefficient (Wildman–Crippen LogP) is 4.69. The number of thiophene rings is 1. The normalized spacial score (nSPS) is 11.4. The number of fused-ring (bicyclic) bond motifs is 1. The van der Waals surface area contributed by atoms with Gasteiger partial charge in [-0.05, 0) is 12.1 Å². The molecule has 0 atom stereocenters. The van der Waals surface area contributed by atoms with E-state index in [1.807, 2.05) is 6.07 Å². The van der Waals surface area contributed by atoms with Gasteiger partial charge in [0.15, 0.2) is 17.9 Å². The Bertz CT molecular complexity index is 1240. The molecule has 0 fully saturated rings. The number of pyridine rings is 1. The molecule has 0 radical (unpaired) electrons. The minimum Gasteiger partial charge on any atom is -0.453 e. The van der Waals surface area contributed by atoms with Gasteiger partial charge in [-0.25, -0.2) is 9.37 Å². The summed E-state index contributed by atoms with van der Waals surface area (Å²) < 4.78 is 31.1. The third-order valence-corrected chi connectivity index (χ3v) is 5.64. The Morgan fingerprint density at radius 2 is 2.00 bits per heavy atom. The van der Waals surface area contributed by atoms with E-state index in [0.29, 0.717) is 28.2 Å². The molecule has 9 nitrogen and oxygen atoms in total. The highest BCUT2D eigenvalue weighted by atomic mass is 32.1. The van der Waals surface area contributed by atoms with Crippen molar-refractivity contribution in [2.24, 2.45) is 0 Å². The van der Waals surface area contributed by atoms with Crippen molar-refractivity contribution in [2.75, 3.05) is 14.2 Å². The van der Waals surface area contributed by atoms with Gasteiger partial charge in [-0.2, -0.15) is 0 Å². The third-order valence-electron chi connectivity index (χ3n) is 4.50. The quantitative estimate of drug-likeness (QED) is 0.238. The lowest BCUT2D eigenvalue weighted by Crippen LogP contribution is -2.16. The summed E-state index contributed by atoms with van der Waals surface area (Å²) in [5, 5.41) is 10.8. The lowest BCUT2D eigenvalue weighted by Gasteiger charge is -2.11. The van der Waals surface area contributed by atoms with E-state index in [9.17, 15) is 14.5 Å². The van der Waals surface area contributed by atoms with Crippen LogP contribution in [0.3, 0.4) is 0 Å². The molecule has 31 heavy (non-hydrogen) atoms. The number of hydrogen-bond donors (Lipinski definition) is 1. The number of nitro benzene ring substituents is 1. The van der Waals surface area contributed by atoms with Gasteiger partial charge in [-0.3, -0.25) is 15.1 Å². The maximum Gasteiger partial charge on any atom is 0.272 e. The molecule has 160 valence electrons. The van der Waals surface area contributed by atoms with E-state index in [-0.39, 0.29) is 17.7 Å². The molecule has 0 aliphatic rings. The molecule has 0 saturated carbocycles. The predicted molar refractivity (Wildman–Crippen MR) is 112 cm³/mol. The largest absolute Gasteiger partial charge is 0.453 e. The van der Waals surface area contributed by atoms with Crippen molar-refractivity contribution >= 4 is 27.2 Å². The van der Waals surface area contributed by atoms with Crippen LogP contribution in [0.5, 0.6) is 11.5 Å². The number of nitrogens with zero attached hydrogens (tertiary/aromatic N) is 3. The zero-order valence-corrected chi connectivity index (χ0v) is 17.3. The molecule has 4 rings (SSSR count). The highest BCUT2D eigenvalue weighted by molar-refractivity contribution is 7.22. The summed E-state index contributed by atoms with van der Waals surface area (Å²) in [5.74, 6) is 0.104. The number of imidazole rings is 1. The lowest BCUT2D eigenvalue weighted by atomic mass is 10.3.